The number of aryl methyl sites for hydroxylation is 7. The van der Waals surface area contributed by atoms with E-state index in [4.69, 9.17) is 66.6 Å². The monoisotopic (exact) mass is 1820 g/mol. The maximum Gasteiger partial charge on any atom is 0.221 e. The van der Waals surface area contributed by atoms with Crippen LogP contribution < -0.4 is 0 Å². The molecule has 1 saturated carbocycles. The molecule has 13 aromatic carbocycles. The molecule has 140 heavy (non-hydrogen) atoms. The zero-order valence-corrected chi connectivity index (χ0v) is 78.1. The van der Waals surface area contributed by atoms with Crippen molar-refractivity contribution >= 4 is 66.9 Å². The van der Waals surface area contributed by atoms with Crippen LogP contribution in [0.3, 0.4) is 0 Å². The standard InChI is InChI=1S/C33H24N4O.C30H24N4O.C29H24N4O.C28H22N4O/c1-3-22-18-20-24(21-19-22)31-32(34-2)28(26-16-10-11-17-27(26)38)29-30(23-12-6-4-7-13-23)36-37(33(29)35-31)25-14-8-5-9-15-25;1-3-19-13-15-21(16-14-19)28-29(31-2)25(23-11-7-8-12-24(23)35)26-27(20-17-18-20)33-34(30(26)32-28)22-9-5-4-6-10-22;1-5-20-14-16-21(17-15-20)27-28(30-4)26(22-11-7-9-13-24(22)34)25-19(3)32-33(29(25)31-27)23-12-8-6-10-18(23)2;1-4-19-14-16-20(17-15-19)26-27(29-3)25(22-12-8-9-13-23(22)33)24-18(2)31-32(28(24)30-26)21-10-6-5-7-11-21/h4-21,38H,3H2,1H3;4-16,20,35H,3,17-18H2,1H3;6-17,34H,5H2,1-3H3;5-17,33H,4H2,1-2H3. The van der Waals surface area contributed by atoms with Crippen LogP contribution in [0.15, 0.2) is 340 Å². The van der Waals surface area contributed by atoms with Crippen molar-refractivity contribution in [1.82, 2.24) is 59.1 Å². The van der Waals surface area contributed by atoms with Gasteiger partial charge in [-0.1, -0.05) is 301 Å². The van der Waals surface area contributed by atoms with Gasteiger partial charge in [-0.2, -0.15) is 20.4 Å². The number of pyridine rings is 4. The van der Waals surface area contributed by atoms with Crippen molar-refractivity contribution < 1.29 is 20.4 Å². The Morgan fingerprint density at radius 3 is 0.864 bits per heavy atom. The summed E-state index contributed by atoms with van der Waals surface area (Å²) in [6.45, 7) is 47.0. The Kier molecular flexibility index (Phi) is 25.6. The summed E-state index contributed by atoms with van der Waals surface area (Å²) in [6, 6.07) is 109. The summed E-state index contributed by atoms with van der Waals surface area (Å²) < 4.78 is 7.38. The van der Waals surface area contributed by atoms with Gasteiger partial charge in [0.15, 0.2) is 22.6 Å². The quantitative estimate of drug-likeness (QED) is 0.0589. The molecular formula is C120H94N16O4. The molecule has 20 heteroatoms. The molecule has 0 aliphatic heterocycles. The van der Waals surface area contributed by atoms with E-state index in [0.717, 1.165) is 133 Å². The number of rotatable bonds is 18. The van der Waals surface area contributed by atoms with Gasteiger partial charge >= 0.3 is 0 Å². The number of hydrogen-bond acceptors (Lipinski definition) is 12. The highest BCUT2D eigenvalue weighted by Gasteiger charge is 2.36. The number of aromatic nitrogens is 12. The van der Waals surface area contributed by atoms with Crippen LogP contribution in [0, 0.1) is 47.1 Å². The van der Waals surface area contributed by atoms with Gasteiger partial charge in [0.25, 0.3) is 0 Å². The molecule has 678 valence electrons. The second kappa shape index (κ2) is 39.6. The minimum atomic E-state index is 0.101. The highest BCUT2D eigenvalue weighted by molar-refractivity contribution is 6.14. The van der Waals surface area contributed by atoms with Gasteiger partial charge in [-0.25, -0.2) is 58.0 Å². The third-order valence-corrected chi connectivity index (χ3v) is 25.6. The van der Waals surface area contributed by atoms with Crippen LogP contribution in [0.2, 0.25) is 0 Å². The molecule has 0 bridgehead atoms. The molecule has 8 aromatic heterocycles. The molecule has 0 unspecified atom stereocenters. The second-order valence-electron chi connectivity index (χ2n) is 34.2. The van der Waals surface area contributed by atoms with E-state index < -0.39 is 0 Å². The van der Waals surface area contributed by atoms with E-state index in [9.17, 15) is 20.4 Å². The first-order valence-corrected chi connectivity index (χ1v) is 46.6. The second-order valence-corrected chi connectivity index (χ2v) is 34.2. The molecule has 0 radical (unpaired) electrons. The highest BCUT2D eigenvalue weighted by atomic mass is 16.3. The molecule has 22 rings (SSSR count). The van der Waals surface area contributed by atoms with E-state index in [1.54, 1.807) is 48.5 Å². The largest absolute Gasteiger partial charge is 0.507 e. The molecule has 0 atom stereocenters. The maximum absolute atomic E-state index is 11.0. The maximum atomic E-state index is 11.0. The molecular weight excluding hydrogens is 1730 g/mol. The average molecular weight is 1820 g/mol. The van der Waals surface area contributed by atoms with E-state index in [0.29, 0.717) is 124 Å². The molecule has 1 aliphatic rings. The summed E-state index contributed by atoms with van der Waals surface area (Å²) in [6.07, 6.45) is 5.86. The van der Waals surface area contributed by atoms with E-state index in [2.05, 4.69) is 95.6 Å². The zero-order valence-electron chi connectivity index (χ0n) is 78.1. The van der Waals surface area contributed by atoms with Gasteiger partial charge in [0, 0.05) is 77.5 Å². The van der Waals surface area contributed by atoms with Crippen molar-refractivity contribution in [2.24, 2.45) is 0 Å². The number of phenols is 4. The fourth-order valence-electron chi connectivity index (χ4n) is 18.2. The van der Waals surface area contributed by atoms with Gasteiger partial charge in [-0.3, -0.25) is 0 Å². The average Bonchev–Trinajstić information content (AvgIpc) is 1.57. The number of phenolic OH excluding ortho intramolecular Hbond substituents is 4. The van der Waals surface area contributed by atoms with E-state index in [1.165, 1.54) is 22.3 Å². The third-order valence-electron chi connectivity index (χ3n) is 25.6. The van der Waals surface area contributed by atoms with E-state index in [-0.39, 0.29) is 23.0 Å². The van der Waals surface area contributed by atoms with Gasteiger partial charge in [-0.15, -0.1) is 0 Å². The van der Waals surface area contributed by atoms with Crippen LogP contribution in [0.5, 0.6) is 23.0 Å². The summed E-state index contributed by atoms with van der Waals surface area (Å²) >= 11 is 0. The summed E-state index contributed by atoms with van der Waals surface area (Å²) in [5.41, 5.74) is 28.7. The first kappa shape index (κ1) is 90.7. The molecule has 8 heterocycles. The first-order valence-electron chi connectivity index (χ1n) is 46.6. The first-order chi connectivity index (χ1) is 68.5. The molecule has 21 aromatic rings. The van der Waals surface area contributed by atoms with Crippen LogP contribution >= 0.6 is 0 Å². The van der Waals surface area contributed by atoms with Crippen molar-refractivity contribution in [3.05, 3.63) is 430 Å². The van der Waals surface area contributed by atoms with Gasteiger partial charge in [0.2, 0.25) is 22.7 Å². The Morgan fingerprint density at radius 1 is 0.271 bits per heavy atom. The Morgan fingerprint density at radius 2 is 0.536 bits per heavy atom. The number of benzene rings is 13. The normalized spacial score (nSPS) is 11.5. The summed E-state index contributed by atoms with van der Waals surface area (Å²) in [5.74, 6) is 0.821. The minimum Gasteiger partial charge on any atom is -0.507 e. The van der Waals surface area contributed by atoms with E-state index in [1.807, 2.05) is 282 Å². The lowest BCUT2D eigenvalue weighted by Crippen LogP contribution is -2.01. The number of aromatic hydroxyl groups is 4. The van der Waals surface area contributed by atoms with Crippen LogP contribution in [-0.4, -0.2) is 79.5 Å². The smallest absolute Gasteiger partial charge is 0.221 e. The van der Waals surface area contributed by atoms with Gasteiger partial charge in [0.05, 0.1) is 88.9 Å². The fraction of sp³-hybridized carbons (Fsp3) is 0.117. The summed E-state index contributed by atoms with van der Waals surface area (Å²) in [5, 5.41) is 66.3. The topological polar surface area (TPSA) is 221 Å². The molecule has 1 aliphatic carbocycles. The lowest BCUT2D eigenvalue weighted by Gasteiger charge is -2.14. The Balaban J connectivity index is 0.000000119. The van der Waals surface area contributed by atoms with Gasteiger partial charge < -0.3 is 20.4 Å². The fourth-order valence-corrected chi connectivity index (χ4v) is 18.2. The number of fused-ring (bicyclic) bond motifs is 4. The Bertz CT molecular complexity index is 8450. The lowest BCUT2D eigenvalue weighted by atomic mass is 9.94. The highest BCUT2D eigenvalue weighted by Crippen LogP contribution is 2.55. The SMILES string of the molecule is [C-]#[N+]c1c(-c2ccc(CC)cc2)nc2c(c(-c3ccccc3)nn2-c2ccccc2)c1-c1ccccc1O.[C-]#[N+]c1c(-c2ccc(CC)cc2)nc2c(c(C)nn2-c2ccccc2)c1-c1ccccc1O.[C-]#[N+]c1c(-c2ccc(CC)cc2)nc2c(c(C)nn2-c2ccccc2C)c1-c1ccccc1O.[C-]#[N+]c1c(-c2ccc(CC)cc2)nc2c(c(C3CC3)nn2-c2ccccc2)c1-c1ccccc1O. The molecule has 0 spiro atoms. The molecule has 1 fully saturated rings. The van der Waals surface area contributed by atoms with E-state index >= 15 is 0 Å². The van der Waals surface area contributed by atoms with Crippen molar-refractivity contribution in [2.75, 3.05) is 0 Å². The van der Waals surface area contributed by atoms with Crippen molar-refractivity contribution in [3.8, 4) is 147 Å². The number of nitrogens with zero attached hydrogens (tertiary/aromatic N) is 16. The predicted molar refractivity (Wildman–Crippen MR) is 560 cm³/mol. The molecule has 4 N–H and O–H groups in total. The number of hydrogen-bond donors (Lipinski definition) is 4. The van der Waals surface area contributed by atoms with Crippen molar-refractivity contribution in [2.45, 2.75) is 92.9 Å². The molecule has 0 saturated heterocycles. The van der Waals surface area contributed by atoms with Crippen molar-refractivity contribution in [1.29, 1.82) is 0 Å². The summed E-state index contributed by atoms with van der Waals surface area (Å²) in [7, 11) is 0. The van der Waals surface area contributed by atoms with Crippen LogP contribution in [0.1, 0.15) is 91.4 Å². The minimum absolute atomic E-state index is 0.101. The Hall–Kier alpha value is -18.5. The van der Waals surface area contributed by atoms with Gasteiger partial charge in [0.1, 0.15) is 28.7 Å². The zero-order chi connectivity index (χ0) is 96.8. The lowest BCUT2D eigenvalue weighted by molar-refractivity contribution is 0.477. The van der Waals surface area contributed by atoms with Crippen molar-refractivity contribution in [3.63, 3.8) is 0 Å². The summed E-state index contributed by atoms with van der Waals surface area (Å²) in [4.78, 5) is 36.1. The van der Waals surface area contributed by atoms with Crippen LogP contribution in [-0.2, 0) is 25.7 Å². The number of para-hydroxylation sites is 8. The van der Waals surface area contributed by atoms with Crippen LogP contribution in [0.4, 0.5) is 22.7 Å². The van der Waals surface area contributed by atoms with Crippen LogP contribution in [0.25, 0.3) is 187 Å². The van der Waals surface area contributed by atoms with Gasteiger partial charge in [-0.05, 0) is 176 Å². The predicted octanol–water partition coefficient (Wildman–Crippen LogP) is 29.8. The molecule has 0 amide bonds. The molecule has 20 nitrogen and oxygen atoms in total. The Labute approximate surface area is 811 Å². The third kappa shape index (κ3) is 17.3.